The third-order valence-electron chi connectivity index (χ3n) is 2.34. The summed E-state index contributed by atoms with van der Waals surface area (Å²) in [5.41, 5.74) is 2.25. The molecule has 0 unspecified atom stereocenters. The van der Waals surface area contributed by atoms with Gasteiger partial charge in [-0.3, -0.25) is 4.79 Å². The Kier molecular flexibility index (Phi) is 3.03. The van der Waals surface area contributed by atoms with Gasteiger partial charge in [0.2, 0.25) is 0 Å². The smallest absolute Gasteiger partial charge is 0.185 e. The number of nitrogens with one attached hydrogen (secondary N) is 1. The van der Waals surface area contributed by atoms with Crippen molar-refractivity contribution in [2.24, 2.45) is 0 Å². The van der Waals surface area contributed by atoms with Gasteiger partial charge in [0.15, 0.2) is 5.43 Å². The van der Waals surface area contributed by atoms with Crippen molar-refractivity contribution >= 4 is 23.2 Å². The van der Waals surface area contributed by atoms with Gasteiger partial charge in [-0.05, 0) is 24.6 Å². The van der Waals surface area contributed by atoms with Gasteiger partial charge in [-0.15, -0.1) is 0 Å². The van der Waals surface area contributed by atoms with E-state index in [4.69, 9.17) is 23.2 Å². The molecule has 0 aliphatic heterocycles. The quantitative estimate of drug-likeness (QED) is 0.827. The summed E-state index contributed by atoms with van der Waals surface area (Å²) < 4.78 is 0. The van der Waals surface area contributed by atoms with Crippen molar-refractivity contribution in [3.8, 4) is 11.3 Å². The number of benzene rings is 1. The van der Waals surface area contributed by atoms with Crippen molar-refractivity contribution in [2.45, 2.75) is 6.92 Å². The molecule has 0 atom stereocenters. The molecule has 1 aromatic carbocycles. The SMILES string of the molecule is Cc1c[nH]c(-c2ccc(Cl)c(Cl)c2)cc1=O. The minimum atomic E-state index is -0.000164. The van der Waals surface area contributed by atoms with Crippen molar-refractivity contribution in [1.29, 1.82) is 0 Å². The van der Waals surface area contributed by atoms with E-state index in [1.165, 1.54) is 0 Å². The van der Waals surface area contributed by atoms with Crippen LogP contribution in [0.15, 0.2) is 35.3 Å². The van der Waals surface area contributed by atoms with E-state index in [9.17, 15) is 4.79 Å². The lowest BCUT2D eigenvalue weighted by molar-refractivity contribution is 1.24. The van der Waals surface area contributed by atoms with Gasteiger partial charge in [0.25, 0.3) is 0 Å². The van der Waals surface area contributed by atoms with E-state index in [0.29, 0.717) is 15.6 Å². The highest BCUT2D eigenvalue weighted by atomic mass is 35.5. The molecule has 1 aromatic heterocycles. The Bertz CT molecular complexity index is 590. The van der Waals surface area contributed by atoms with Crippen LogP contribution in [0.5, 0.6) is 0 Å². The molecule has 0 fully saturated rings. The van der Waals surface area contributed by atoms with Crippen LogP contribution in [-0.2, 0) is 0 Å². The third kappa shape index (κ3) is 2.13. The van der Waals surface area contributed by atoms with Gasteiger partial charge in [0.05, 0.1) is 10.0 Å². The first kappa shape index (κ1) is 11.2. The molecule has 2 nitrogen and oxygen atoms in total. The van der Waals surface area contributed by atoms with E-state index in [1.807, 2.05) is 6.07 Å². The average molecular weight is 254 g/mol. The molecule has 2 rings (SSSR count). The zero-order valence-electron chi connectivity index (χ0n) is 8.55. The van der Waals surface area contributed by atoms with E-state index < -0.39 is 0 Å². The fraction of sp³-hybridized carbons (Fsp3) is 0.0833. The molecular formula is C12H9Cl2NO. The Labute approximate surface area is 103 Å². The average Bonchev–Trinajstić information content (AvgIpc) is 2.26. The molecule has 0 amide bonds. The lowest BCUT2D eigenvalue weighted by atomic mass is 10.1. The molecule has 0 aliphatic rings. The maximum atomic E-state index is 11.5. The van der Waals surface area contributed by atoms with E-state index in [1.54, 1.807) is 31.3 Å². The van der Waals surface area contributed by atoms with Gasteiger partial charge >= 0.3 is 0 Å². The highest BCUT2D eigenvalue weighted by Gasteiger charge is 2.03. The second-order valence-electron chi connectivity index (χ2n) is 3.52. The normalized spacial score (nSPS) is 10.4. The number of hydrogen-bond donors (Lipinski definition) is 1. The molecule has 4 heteroatoms. The summed E-state index contributed by atoms with van der Waals surface area (Å²) >= 11 is 11.7. The largest absolute Gasteiger partial charge is 0.361 e. The standard InChI is InChI=1S/C12H9Cl2NO/c1-7-6-15-11(5-12(7)16)8-2-3-9(13)10(14)4-8/h2-6H,1H3,(H,15,16). The summed E-state index contributed by atoms with van der Waals surface area (Å²) in [6, 6.07) is 6.80. The minimum absolute atomic E-state index is 0.000164. The fourth-order valence-corrected chi connectivity index (χ4v) is 1.67. The van der Waals surface area contributed by atoms with Crippen LogP contribution >= 0.6 is 23.2 Å². The van der Waals surface area contributed by atoms with E-state index >= 15 is 0 Å². The Hall–Kier alpha value is -1.25. The second kappa shape index (κ2) is 4.32. The number of rotatable bonds is 1. The zero-order valence-corrected chi connectivity index (χ0v) is 10.1. The number of aromatic amines is 1. The first-order valence-corrected chi connectivity index (χ1v) is 5.48. The Morgan fingerprint density at radius 2 is 1.88 bits per heavy atom. The summed E-state index contributed by atoms with van der Waals surface area (Å²) in [5.74, 6) is 0. The van der Waals surface area contributed by atoms with E-state index in [2.05, 4.69) is 4.98 Å². The van der Waals surface area contributed by atoms with Gasteiger partial charge in [-0.1, -0.05) is 29.3 Å². The molecule has 1 N–H and O–H groups in total. The molecule has 0 bridgehead atoms. The van der Waals surface area contributed by atoms with Crippen LogP contribution in [0.2, 0.25) is 10.0 Å². The van der Waals surface area contributed by atoms with E-state index in [-0.39, 0.29) is 5.43 Å². The Morgan fingerprint density at radius 3 is 2.50 bits per heavy atom. The number of pyridine rings is 1. The van der Waals surface area contributed by atoms with Crippen molar-refractivity contribution in [1.82, 2.24) is 4.98 Å². The number of hydrogen-bond acceptors (Lipinski definition) is 1. The van der Waals surface area contributed by atoms with Gasteiger partial charge < -0.3 is 4.98 Å². The summed E-state index contributed by atoms with van der Waals surface area (Å²) in [4.78, 5) is 14.5. The topological polar surface area (TPSA) is 32.9 Å². The summed E-state index contributed by atoms with van der Waals surface area (Å²) in [6.07, 6.45) is 1.68. The van der Waals surface area contributed by atoms with E-state index in [0.717, 1.165) is 11.3 Å². The van der Waals surface area contributed by atoms with Gasteiger partial charge in [-0.2, -0.15) is 0 Å². The fourth-order valence-electron chi connectivity index (χ4n) is 1.37. The summed E-state index contributed by atoms with van der Waals surface area (Å²) in [5, 5.41) is 0.973. The lowest BCUT2D eigenvalue weighted by Gasteiger charge is -2.03. The predicted molar refractivity (Wildman–Crippen MR) is 67.3 cm³/mol. The lowest BCUT2D eigenvalue weighted by Crippen LogP contribution is -2.04. The third-order valence-corrected chi connectivity index (χ3v) is 3.08. The summed E-state index contributed by atoms with van der Waals surface area (Å²) in [7, 11) is 0. The molecule has 0 radical (unpaired) electrons. The number of H-pyrrole nitrogens is 1. The molecule has 82 valence electrons. The maximum Gasteiger partial charge on any atom is 0.185 e. The molecular weight excluding hydrogens is 245 g/mol. The number of halogens is 2. The van der Waals surface area contributed by atoms with Crippen molar-refractivity contribution in [3.63, 3.8) is 0 Å². The van der Waals surface area contributed by atoms with Gasteiger partial charge in [-0.25, -0.2) is 0 Å². The molecule has 0 saturated heterocycles. The molecule has 0 saturated carbocycles. The Balaban J connectivity index is 2.55. The highest BCUT2D eigenvalue weighted by Crippen LogP contribution is 2.26. The van der Waals surface area contributed by atoms with Crippen LogP contribution in [0, 0.1) is 6.92 Å². The Morgan fingerprint density at radius 1 is 1.12 bits per heavy atom. The minimum Gasteiger partial charge on any atom is -0.361 e. The molecule has 0 spiro atoms. The molecule has 16 heavy (non-hydrogen) atoms. The number of aromatic nitrogens is 1. The maximum absolute atomic E-state index is 11.5. The van der Waals surface area contributed by atoms with Crippen LogP contribution in [0.25, 0.3) is 11.3 Å². The number of aryl methyl sites for hydroxylation is 1. The molecule has 2 aromatic rings. The molecule has 0 aliphatic carbocycles. The van der Waals surface area contributed by atoms with Crippen LogP contribution in [-0.4, -0.2) is 4.98 Å². The first-order chi connectivity index (χ1) is 7.58. The van der Waals surface area contributed by atoms with Crippen LogP contribution in [0.3, 0.4) is 0 Å². The first-order valence-electron chi connectivity index (χ1n) is 4.72. The predicted octanol–water partition coefficient (Wildman–Crippen LogP) is 3.66. The van der Waals surface area contributed by atoms with Crippen LogP contribution < -0.4 is 5.43 Å². The van der Waals surface area contributed by atoms with Crippen molar-refractivity contribution in [2.75, 3.05) is 0 Å². The molecule has 1 heterocycles. The second-order valence-corrected chi connectivity index (χ2v) is 4.34. The zero-order chi connectivity index (χ0) is 11.7. The van der Waals surface area contributed by atoms with Crippen LogP contribution in [0.1, 0.15) is 5.56 Å². The van der Waals surface area contributed by atoms with Crippen molar-refractivity contribution < 1.29 is 0 Å². The van der Waals surface area contributed by atoms with Crippen molar-refractivity contribution in [3.05, 3.63) is 56.3 Å². The summed E-state index contributed by atoms with van der Waals surface area (Å²) in [6.45, 7) is 1.76. The van der Waals surface area contributed by atoms with Crippen LogP contribution in [0.4, 0.5) is 0 Å². The highest BCUT2D eigenvalue weighted by molar-refractivity contribution is 6.42. The van der Waals surface area contributed by atoms with Gasteiger partial charge in [0.1, 0.15) is 0 Å². The van der Waals surface area contributed by atoms with Gasteiger partial charge in [0, 0.05) is 23.5 Å². The monoisotopic (exact) mass is 253 g/mol.